The Bertz CT molecular complexity index is 924. The summed E-state index contributed by atoms with van der Waals surface area (Å²) in [7, 11) is 2.06. The summed E-state index contributed by atoms with van der Waals surface area (Å²) in [4.78, 5) is 29.1. The third-order valence-electron chi connectivity index (χ3n) is 5.51. The number of nitrogens with zero attached hydrogens (tertiary/aromatic N) is 2. The number of rotatable bonds is 5. The highest BCUT2D eigenvalue weighted by Gasteiger charge is 2.21. The average Bonchev–Trinajstić information content (AvgIpc) is 2.73. The van der Waals surface area contributed by atoms with E-state index in [1.54, 1.807) is 24.3 Å². The molecule has 166 valence electrons. The van der Waals surface area contributed by atoms with Crippen LogP contribution in [0, 0.1) is 6.92 Å². The van der Waals surface area contributed by atoms with Gasteiger partial charge in [-0.15, -0.1) is 0 Å². The first kappa shape index (κ1) is 22.8. The molecule has 6 heteroatoms. The van der Waals surface area contributed by atoms with Crippen molar-refractivity contribution >= 4 is 17.5 Å². The zero-order chi connectivity index (χ0) is 22.6. The number of ether oxygens (including phenoxy) is 1. The van der Waals surface area contributed by atoms with Crippen LogP contribution in [0.25, 0.3) is 0 Å². The van der Waals surface area contributed by atoms with Gasteiger partial charge in [-0.05, 0) is 55.3 Å². The van der Waals surface area contributed by atoms with Gasteiger partial charge in [-0.25, -0.2) is 0 Å². The number of aryl methyl sites for hydroxylation is 1. The monoisotopic (exact) mass is 423 g/mol. The van der Waals surface area contributed by atoms with Crippen molar-refractivity contribution in [2.75, 3.05) is 45.2 Å². The van der Waals surface area contributed by atoms with E-state index in [1.165, 1.54) is 0 Å². The molecule has 1 aliphatic heterocycles. The number of carbonyl (C=O) groups excluding carboxylic acids is 2. The number of hydrogen-bond donors (Lipinski definition) is 1. The third-order valence-corrected chi connectivity index (χ3v) is 5.51. The van der Waals surface area contributed by atoms with E-state index in [2.05, 4.69) is 44.1 Å². The van der Waals surface area contributed by atoms with Gasteiger partial charge in [0.2, 0.25) is 0 Å². The van der Waals surface area contributed by atoms with Gasteiger partial charge in [0.05, 0.1) is 0 Å². The Hall–Kier alpha value is -2.86. The Kier molecular flexibility index (Phi) is 7.01. The van der Waals surface area contributed by atoms with E-state index in [0.717, 1.165) is 43.1 Å². The van der Waals surface area contributed by atoms with Gasteiger partial charge in [-0.2, -0.15) is 0 Å². The molecule has 0 radical (unpaired) electrons. The van der Waals surface area contributed by atoms with Crippen molar-refractivity contribution in [2.45, 2.75) is 33.1 Å². The lowest BCUT2D eigenvalue weighted by Gasteiger charge is -2.32. The van der Waals surface area contributed by atoms with E-state index in [-0.39, 0.29) is 23.8 Å². The van der Waals surface area contributed by atoms with E-state index in [1.807, 2.05) is 24.0 Å². The smallest absolute Gasteiger partial charge is 0.262 e. The molecular weight excluding hydrogens is 390 g/mol. The Labute approximate surface area is 185 Å². The number of piperazine rings is 1. The second-order valence-electron chi connectivity index (χ2n) is 9.26. The number of likely N-dealkylation sites (N-methyl/N-ethyl adjacent to an activating group) is 1. The highest BCUT2D eigenvalue weighted by atomic mass is 16.5. The zero-order valence-corrected chi connectivity index (χ0v) is 19.2. The summed E-state index contributed by atoms with van der Waals surface area (Å²) in [5, 5.41) is 2.84. The summed E-state index contributed by atoms with van der Waals surface area (Å²) in [5.74, 6) is 0.517. The van der Waals surface area contributed by atoms with E-state index in [0.29, 0.717) is 11.3 Å². The summed E-state index contributed by atoms with van der Waals surface area (Å²) in [6.45, 7) is 11.6. The van der Waals surface area contributed by atoms with Crippen LogP contribution in [0.3, 0.4) is 0 Å². The molecule has 0 aliphatic carbocycles. The molecule has 3 rings (SSSR count). The predicted molar refractivity (Wildman–Crippen MR) is 124 cm³/mol. The largest absolute Gasteiger partial charge is 0.483 e. The van der Waals surface area contributed by atoms with Gasteiger partial charge in [0.25, 0.3) is 11.8 Å². The normalized spacial score (nSPS) is 14.9. The van der Waals surface area contributed by atoms with Crippen LogP contribution < -0.4 is 10.1 Å². The maximum absolute atomic E-state index is 12.6. The molecule has 0 unspecified atom stereocenters. The van der Waals surface area contributed by atoms with Crippen LogP contribution in [0.2, 0.25) is 0 Å². The van der Waals surface area contributed by atoms with Crippen LogP contribution in [0.1, 0.15) is 42.3 Å². The van der Waals surface area contributed by atoms with Crippen LogP contribution >= 0.6 is 0 Å². The number of benzene rings is 2. The van der Waals surface area contributed by atoms with Crippen molar-refractivity contribution < 1.29 is 14.3 Å². The molecule has 0 aromatic heterocycles. The first-order chi connectivity index (χ1) is 14.6. The molecule has 1 fully saturated rings. The Morgan fingerprint density at radius 2 is 1.65 bits per heavy atom. The highest BCUT2D eigenvalue weighted by molar-refractivity contribution is 5.96. The molecule has 2 aromatic rings. The number of amides is 2. The second-order valence-corrected chi connectivity index (χ2v) is 9.26. The number of hydrogen-bond acceptors (Lipinski definition) is 4. The molecule has 0 bridgehead atoms. The highest BCUT2D eigenvalue weighted by Crippen LogP contribution is 2.32. The SMILES string of the molecule is Cc1ccc(OCC(=O)Nc2ccc(C(=O)N3CCN(C)CC3)cc2)c(C(C)(C)C)c1. The first-order valence-corrected chi connectivity index (χ1v) is 10.7. The number of nitrogens with one attached hydrogen (secondary N) is 1. The fraction of sp³-hybridized carbons (Fsp3) is 0.440. The average molecular weight is 424 g/mol. The summed E-state index contributed by atoms with van der Waals surface area (Å²) in [6, 6.07) is 13.0. The van der Waals surface area contributed by atoms with E-state index < -0.39 is 0 Å². The quantitative estimate of drug-likeness (QED) is 0.797. The molecule has 0 saturated carbocycles. The topological polar surface area (TPSA) is 61.9 Å². The molecule has 2 aromatic carbocycles. The minimum Gasteiger partial charge on any atom is -0.483 e. The fourth-order valence-electron chi connectivity index (χ4n) is 3.58. The minimum atomic E-state index is -0.237. The van der Waals surface area contributed by atoms with Crippen LogP contribution in [0.15, 0.2) is 42.5 Å². The van der Waals surface area contributed by atoms with E-state index >= 15 is 0 Å². The summed E-state index contributed by atoms with van der Waals surface area (Å²) >= 11 is 0. The molecule has 0 atom stereocenters. The molecule has 6 nitrogen and oxygen atoms in total. The van der Waals surface area contributed by atoms with Gasteiger partial charge in [-0.1, -0.05) is 38.5 Å². The van der Waals surface area contributed by atoms with Crippen LogP contribution in [0.4, 0.5) is 5.69 Å². The molecule has 0 spiro atoms. The Balaban J connectivity index is 1.56. The standard InChI is InChI=1S/C25H33N3O3/c1-18-6-11-22(21(16-18)25(2,3)4)31-17-23(29)26-20-9-7-19(8-10-20)24(30)28-14-12-27(5)13-15-28/h6-11,16H,12-15,17H2,1-5H3,(H,26,29). The van der Waals surface area contributed by atoms with Crippen molar-refractivity contribution in [3.8, 4) is 5.75 Å². The molecule has 31 heavy (non-hydrogen) atoms. The van der Waals surface area contributed by atoms with E-state index in [4.69, 9.17) is 4.74 Å². The lowest BCUT2D eigenvalue weighted by molar-refractivity contribution is -0.118. The molecule has 1 aliphatic rings. The Morgan fingerprint density at radius 1 is 1.00 bits per heavy atom. The molecule has 1 N–H and O–H groups in total. The molecule has 1 saturated heterocycles. The first-order valence-electron chi connectivity index (χ1n) is 10.7. The van der Waals surface area contributed by atoms with Gasteiger partial charge in [-0.3, -0.25) is 9.59 Å². The Morgan fingerprint density at radius 3 is 2.26 bits per heavy atom. The van der Waals surface area contributed by atoms with Gasteiger partial charge in [0, 0.05) is 37.4 Å². The zero-order valence-electron chi connectivity index (χ0n) is 19.2. The summed E-state index contributed by atoms with van der Waals surface area (Å²) in [6.07, 6.45) is 0. The summed E-state index contributed by atoms with van der Waals surface area (Å²) in [5.41, 5.74) is 3.43. The summed E-state index contributed by atoms with van der Waals surface area (Å²) < 4.78 is 5.83. The maximum atomic E-state index is 12.6. The fourth-order valence-corrected chi connectivity index (χ4v) is 3.58. The molecule has 1 heterocycles. The molecular formula is C25H33N3O3. The van der Waals surface area contributed by atoms with Gasteiger partial charge in [0.15, 0.2) is 6.61 Å². The maximum Gasteiger partial charge on any atom is 0.262 e. The van der Waals surface area contributed by atoms with Crippen LogP contribution in [-0.2, 0) is 10.2 Å². The number of anilines is 1. The van der Waals surface area contributed by atoms with Crippen LogP contribution in [-0.4, -0.2) is 61.4 Å². The minimum absolute atomic E-state index is 0.0309. The van der Waals surface area contributed by atoms with Crippen molar-refractivity contribution in [3.05, 3.63) is 59.2 Å². The van der Waals surface area contributed by atoms with E-state index in [9.17, 15) is 9.59 Å². The van der Waals surface area contributed by atoms with Gasteiger partial charge >= 0.3 is 0 Å². The second kappa shape index (κ2) is 9.52. The lowest BCUT2D eigenvalue weighted by Crippen LogP contribution is -2.47. The van der Waals surface area contributed by atoms with Crippen molar-refractivity contribution in [1.29, 1.82) is 0 Å². The third kappa shape index (κ3) is 6.07. The van der Waals surface area contributed by atoms with Crippen molar-refractivity contribution in [2.24, 2.45) is 0 Å². The van der Waals surface area contributed by atoms with Gasteiger partial charge < -0.3 is 19.9 Å². The lowest BCUT2D eigenvalue weighted by atomic mass is 9.85. The van der Waals surface area contributed by atoms with Crippen molar-refractivity contribution in [1.82, 2.24) is 9.80 Å². The van der Waals surface area contributed by atoms with Gasteiger partial charge in [0.1, 0.15) is 5.75 Å². The predicted octanol–water partition coefficient (Wildman–Crippen LogP) is 3.70. The molecule has 2 amide bonds. The van der Waals surface area contributed by atoms with Crippen LogP contribution in [0.5, 0.6) is 5.75 Å². The number of carbonyl (C=O) groups is 2. The van der Waals surface area contributed by atoms with Crippen molar-refractivity contribution in [3.63, 3.8) is 0 Å².